The molecule has 2 aromatic rings. The van der Waals surface area contributed by atoms with Crippen LogP contribution in [0.15, 0.2) is 71.9 Å². The summed E-state index contributed by atoms with van der Waals surface area (Å²) in [5, 5.41) is 2.36. The Bertz CT molecular complexity index is 1470. The second-order valence-corrected chi connectivity index (χ2v) is 16.1. The fourth-order valence-corrected chi connectivity index (χ4v) is 8.25. The number of esters is 1. The number of β-lactam (4-membered cyclic amide) rings is 1. The molecule has 10 nitrogen and oxygen atoms in total. The molecule has 2 aromatic carbocycles. The van der Waals surface area contributed by atoms with Crippen LogP contribution in [0.5, 0.6) is 0 Å². The molecule has 12 heteroatoms. The van der Waals surface area contributed by atoms with E-state index in [-0.39, 0.29) is 17.0 Å². The maximum atomic E-state index is 14.2. The number of rotatable bonds is 8. The minimum absolute atomic E-state index is 0.144. The highest BCUT2D eigenvalue weighted by Gasteiger charge is 2.55. The maximum Gasteiger partial charge on any atom is 0.410 e. The molecule has 2 fully saturated rings. The van der Waals surface area contributed by atoms with E-state index >= 15 is 0 Å². The van der Waals surface area contributed by atoms with Crippen LogP contribution in [0, 0.1) is 0 Å². The number of amides is 3. The number of nitrogens with zero attached hydrogens (tertiary/aromatic N) is 2. The molecule has 47 heavy (non-hydrogen) atoms. The van der Waals surface area contributed by atoms with Gasteiger partial charge in [-0.3, -0.25) is 9.69 Å². The molecular weight excluding hydrogens is 639 g/mol. The van der Waals surface area contributed by atoms with E-state index in [1.54, 1.807) is 37.4 Å². The van der Waals surface area contributed by atoms with Crippen molar-refractivity contribution in [1.82, 2.24) is 15.1 Å². The van der Waals surface area contributed by atoms with Gasteiger partial charge in [0.1, 0.15) is 28.3 Å². The summed E-state index contributed by atoms with van der Waals surface area (Å²) in [6.07, 6.45) is -0.915. The van der Waals surface area contributed by atoms with Gasteiger partial charge in [-0.1, -0.05) is 60.7 Å². The fourth-order valence-electron chi connectivity index (χ4n) is 5.54. The van der Waals surface area contributed by atoms with Crippen molar-refractivity contribution in [3.63, 3.8) is 0 Å². The Balaban J connectivity index is 1.37. The number of alkyl carbamates (subject to hydrolysis) is 1. The predicted octanol–water partition coefficient (Wildman–Crippen LogP) is 6.12. The summed E-state index contributed by atoms with van der Waals surface area (Å²) in [5.41, 5.74) is 1.30. The van der Waals surface area contributed by atoms with Gasteiger partial charge in [-0.2, -0.15) is 11.8 Å². The second-order valence-electron chi connectivity index (χ2n) is 13.7. The number of carbonyl (C=O) groups excluding carboxylic acids is 4. The molecule has 3 heterocycles. The molecule has 3 aliphatic heterocycles. The van der Waals surface area contributed by atoms with Gasteiger partial charge in [-0.25, -0.2) is 14.4 Å². The quantitative estimate of drug-likeness (QED) is 0.200. The minimum Gasteiger partial charge on any atom is -0.448 e. The zero-order chi connectivity index (χ0) is 33.9. The first-order valence-corrected chi connectivity index (χ1v) is 17.9. The zero-order valence-corrected chi connectivity index (χ0v) is 29.3. The monoisotopic (exact) mass is 681 g/mol. The van der Waals surface area contributed by atoms with E-state index in [1.807, 2.05) is 81.4 Å². The molecule has 3 atom stereocenters. The first kappa shape index (κ1) is 34.7. The molecular formula is C35H43N3O7S2. The van der Waals surface area contributed by atoms with Crippen molar-refractivity contribution in [2.24, 2.45) is 0 Å². The topological polar surface area (TPSA) is 114 Å². The summed E-state index contributed by atoms with van der Waals surface area (Å²) in [4.78, 5) is 56.2. The molecule has 1 N–H and O–H groups in total. The SMILES string of the molecule is CC(C)(C)OC(=O)N[C@@H]1C(=O)N2C(C(=O)OC(c3ccccc3)c3ccccc3)=C(CS[C@H]3CCN(C(=O)OC(C)(C)C)C3)CS[C@H]12. The number of ether oxygens (including phenoxy) is 3. The normalized spacial score (nSPS) is 21.3. The van der Waals surface area contributed by atoms with Crippen LogP contribution in [-0.4, -0.2) is 86.3 Å². The van der Waals surface area contributed by atoms with Gasteiger partial charge in [0.15, 0.2) is 6.10 Å². The van der Waals surface area contributed by atoms with Gasteiger partial charge in [0.25, 0.3) is 5.91 Å². The molecule has 0 saturated carbocycles. The van der Waals surface area contributed by atoms with Crippen LogP contribution in [0.2, 0.25) is 0 Å². The molecule has 0 spiro atoms. The summed E-state index contributed by atoms with van der Waals surface area (Å²) >= 11 is 3.14. The summed E-state index contributed by atoms with van der Waals surface area (Å²) in [6.45, 7) is 11.9. The van der Waals surface area contributed by atoms with E-state index < -0.39 is 46.7 Å². The predicted molar refractivity (Wildman–Crippen MR) is 183 cm³/mol. The molecule has 5 rings (SSSR count). The van der Waals surface area contributed by atoms with E-state index in [1.165, 1.54) is 16.7 Å². The third-order valence-corrected chi connectivity index (χ3v) is 10.3. The number of hydrogen-bond acceptors (Lipinski definition) is 9. The first-order chi connectivity index (χ1) is 22.2. The van der Waals surface area contributed by atoms with Gasteiger partial charge in [0.2, 0.25) is 0 Å². The minimum atomic E-state index is -0.830. The first-order valence-electron chi connectivity index (χ1n) is 15.8. The van der Waals surface area contributed by atoms with Crippen LogP contribution in [-0.2, 0) is 23.8 Å². The molecule has 3 amide bonds. The van der Waals surface area contributed by atoms with Crippen LogP contribution in [0.3, 0.4) is 0 Å². The van der Waals surface area contributed by atoms with E-state index in [9.17, 15) is 19.2 Å². The number of benzene rings is 2. The number of nitrogens with one attached hydrogen (secondary N) is 1. The highest BCUT2D eigenvalue weighted by molar-refractivity contribution is 8.01. The number of likely N-dealkylation sites (tertiary alicyclic amines) is 1. The Morgan fingerprint density at radius 3 is 2.11 bits per heavy atom. The highest BCUT2D eigenvalue weighted by Crippen LogP contribution is 2.43. The van der Waals surface area contributed by atoms with E-state index in [0.717, 1.165) is 23.1 Å². The number of fused-ring (bicyclic) bond motifs is 1. The molecule has 0 radical (unpaired) electrons. The van der Waals surface area contributed by atoms with E-state index in [0.29, 0.717) is 24.6 Å². The summed E-state index contributed by atoms with van der Waals surface area (Å²) < 4.78 is 17.2. The van der Waals surface area contributed by atoms with Gasteiger partial charge in [-0.15, -0.1) is 11.8 Å². The Labute approximate surface area is 284 Å². The number of carbonyl (C=O) groups is 4. The van der Waals surface area contributed by atoms with Gasteiger partial charge in [0, 0.05) is 29.8 Å². The van der Waals surface area contributed by atoms with Crippen LogP contribution in [0.4, 0.5) is 9.59 Å². The Morgan fingerprint density at radius 1 is 0.936 bits per heavy atom. The molecule has 0 unspecified atom stereocenters. The smallest absolute Gasteiger partial charge is 0.410 e. The summed E-state index contributed by atoms with van der Waals surface area (Å²) in [6, 6.07) is 18.2. The molecule has 252 valence electrons. The lowest BCUT2D eigenvalue weighted by Crippen LogP contribution is -2.70. The highest BCUT2D eigenvalue weighted by atomic mass is 32.2. The van der Waals surface area contributed by atoms with Gasteiger partial charge < -0.3 is 24.4 Å². The lowest BCUT2D eigenvalue weighted by Gasteiger charge is -2.49. The van der Waals surface area contributed by atoms with Crippen LogP contribution < -0.4 is 5.32 Å². The maximum absolute atomic E-state index is 14.2. The third-order valence-electron chi connectivity index (χ3n) is 7.63. The fraction of sp³-hybridized carbons (Fsp3) is 0.486. The molecule has 2 saturated heterocycles. The van der Waals surface area contributed by atoms with Gasteiger partial charge >= 0.3 is 18.2 Å². The largest absolute Gasteiger partial charge is 0.448 e. The van der Waals surface area contributed by atoms with Crippen molar-refractivity contribution in [3.05, 3.63) is 83.1 Å². The van der Waals surface area contributed by atoms with Crippen molar-refractivity contribution in [2.45, 2.75) is 81.9 Å². The molecule has 0 aromatic heterocycles. The van der Waals surface area contributed by atoms with Crippen LogP contribution in [0.25, 0.3) is 0 Å². The van der Waals surface area contributed by atoms with Crippen LogP contribution >= 0.6 is 23.5 Å². The lowest BCUT2D eigenvalue weighted by molar-refractivity contribution is -0.153. The second kappa shape index (κ2) is 14.2. The molecule has 3 aliphatic rings. The van der Waals surface area contributed by atoms with Crippen molar-refractivity contribution >= 4 is 47.6 Å². The van der Waals surface area contributed by atoms with Crippen molar-refractivity contribution < 1.29 is 33.4 Å². The van der Waals surface area contributed by atoms with E-state index in [2.05, 4.69) is 5.32 Å². The van der Waals surface area contributed by atoms with E-state index in [4.69, 9.17) is 14.2 Å². The average Bonchev–Trinajstić information content (AvgIpc) is 3.49. The Morgan fingerprint density at radius 2 is 1.53 bits per heavy atom. The number of hydrogen-bond donors (Lipinski definition) is 1. The lowest BCUT2D eigenvalue weighted by atomic mass is 10.0. The van der Waals surface area contributed by atoms with Crippen molar-refractivity contribution in [2.75, 3.05) is 24.6 Å². The van der Waals surface area contributed by atoms with Gasteiger partial charge in [-0.05, 0) is 64.7 Å². The Kier molecular flexibility index (Phi) is 10.5. The van der Waals surface area contributed by atoms with Crippen molar-refractivity contribution in [3.8, 4) is 0 Å². The van der Waals surface area contributed by atoms with Crippen LogP contribution in [0.1, 0.15) is 65.2 Å². The summed E-state index contributed by atoms with van der Waals surface area (Å²) in [5.74, 6) is -0.0426. The van der Waals surface area contributed by atoms with Crippen molar-refractivity contribution in [1.29, 1.82) is 0 Å². The number of thioether (sulfide) groups is 2. The third kappa shape index (κ3) is 8.64. The zero-order valence-electron chi connectivity index (χ0n) is 27.7. The molecule has 0 bridgehead atoms. The van der Waals surface area contributed by atoms with Gasteiger partial charge in [0.05, 0.1) is 0 Å². The standard InChI is InChI=1S/C35H43N3O7S2/c1-34(2,3)44-32(41)36-26-29(39)38-27(31(40)43-28(22-13-9-7-10-14-22)23-15-11-8-12-16-23)24(21-47-30(26)38)20-46-25-17-18-37(19-25)33(42)45-35(4,5)6/h7-16,25-26,28,30H,17-21H2,1-6H3,(H,36,41)/t25-,26+,30+/m0/s1. The molecule has 0 aliphatic carbocycles. The Hall–Kier alpha value is -3.64. The summed E-state index contributed by atoms with van der Waals surface area (Å²) in [7, 11) is 0. The average molecular weight is 682 g/mol.